The van der Waals surface area contributed by atoms with Gasteiger partial charge in [0.2, 0.25) is 6.79 Å². The minimum atomic E-state index is -0.812. The molecule has 1 aliphatic rings. The highest BCUT2D eigenvalue weighted by Gasteiger charge is 2.25. The number of nitrogens with zero attached hydrogens (tertiary/aromatic N) is 1. The predicted octanol–water partition coefficient (Wildman–Crippen LogP) is 5.31. The topological polar surface area (TPSA) is 98.2 Å². The van der Waals surface area contributed by atoms with Crippen molar-refractivity contribution in [2.75, 3.05) is 6.79 Å². The summed E-state index contributed by atoms with van der Waals surface area (Å²) in [5, 5.41) is 7.49. The Kier molecular flexibility index (Phi) is 8.68. The van der Waals surface area contributed by atoms with Gasteiger partial charge in [-0.2, -0.15) is 5.10 Å². The lowest BCUT2D eigenvalue weighted by molar-refractivity contribution is -0.123. The fourth-order valence-electron chi connectivity index (χ4n) is 3.55. The molecule has 2 amide bonds. The van der Waals surface area contributed by atoms with Crippen molar-refractivity contribution >= 4 is 45.6 Å². The highest BCUT2D eigenvalue weighted by Crippen LogP contribution is 2.32. The maximum Gasteiger partial charge on any atom is 0.262 e. The third-order valence-corrected chi connectivity index (χ3v) is 6.42. The van der Waals surface area contributed by atoms with Crippen LogP contribution in [0.5, 0.6) is 17.2 Å². The lowest BCUT2D eigenvalue weighted by Crippen LogP contribution is -2.48. The molecule has 0 bridgehead atoms. The molecule has 1 aliphatic heterocycles. The number of amides is 2. The lowest BCUT2D eigenvalue weighted by atomic mass is 10.0. The van der Waals surface area contributed by atoms with Crippen LogP contribution in [0, 0.1) is 5.92 Å². The maximum atomic E-state index is 12.9. The molecule has 192 valence electrons. The van der Waals surface area contributed by atoms with Gasteiger partial charge in [-0.25, -0.2) is 5.43 Å². The van der Waals surface area contributed by atoms with Gasteiger partial charge in [-0.15, -0.1) is 0 Å². The van der Waals surface area contributed by atoms with E-state index in [1.807, 2.05) is 44.2 Å². The van der Waals surface area contributed by atoms with Crippen molar-refractivity contribution in [1.29, 1.82) is 0 Å². The quantitative estimate of drug-likeness (QED) is 0.261. The summed E-state index contributed by atoms with van der Waals surface area (Å²) in [5.74, 6) is 0.592. The zero-order valence-electron chi connectivity index (χ0n) is 20.2. The van der Waals surface area contributed by atoms with Gasteiger partial charge < -0.3 is 19.5 Å². The zero-order valence-corrected chi connectivity index (χ0v) is 22.5. The SMILES string of the molecule is CC(C)C(NC(=O)c1ccc2c(c1)OCO2)C(=O)N/N=C/c1cc(Br)ccc1OCc1ccccc1Cl. The second kappa shape index (κ2) is 12.1. The highest BCUT2D eigenvalue weighted by molar-refractivity contribution is 9.10. The maximum absolute atomic E-state index is 12.9. The van der Waals surface area contributed by atoms with Crippen LogP contribution in [0.1, 0.15) is 35.3 Å². The third-order valence-electron chi connectivity index (χ3n) is 5.56. The Labute approximate surface area is 228 Å². The summed E-state index contributed by atoms with van der Waals surface area (Å²) in [4.78, 5) is 25.7. The minimum Gasteiger partial charge on any atom is -0.488 e. The van der Waals surface area contributed by atoms with Crippen LogP contribution >= 0.6 is 27.5 Å². The van der Waals surface area contributed by atoms with Gasteiger partial charge in [0.15, 0.2) is 11.5 Å². The van der Waals surface area contributed by atoms with Crippen molar-refractivity contribution in [2.24, 2.45) is 11.0 Å². The average Bonchev–Trinajstić information content (AvgIpc) is 3.35. The Morgan fingerprint density at radius 1 is 1.11 bits per heavy atom. The molecule has 1 heterocycles. The standard InChI is InChI=1S/C27H25BrClN3O5/c1-16(2)25(31-26(33)17-7-9-23-24(12-17)37-15-36-23)27(34)32-30-13-19-11-20(28)8-10-22(19)35-14-18-5-3-4-6-21(18)29/h3-13,16,25H,14-15H2,1-2H3,(H,31,33)(H,32,34)/b30-13+. The monoisotopic (exact) mass is 585 g/mol. The second-order valence-electron chi connectivity index (χ2n) is 8.56. The first-order chi connectivity index (χ1) is 17.8. The van der Waals surface area contributed by atoms with E-state index in [-0.39, 0.29) is 19.3 Å². The van der Waals surface area contributed by atoms with Crippen molar-refractivity contribution in [3.05, 3.63) is 86.8 Å². The Morgan fingerprint density at radius 2 is 1.89 bits per heavy atom. The molecular formula is C27H25BrClN3O5. The normalized spacial score (nSPS) is 13.0. The summed E-state index contributed by atoms with van der Waals surface area (Å²) >= 11 is 9.67. The van der Waals surface area contributed by atoms with Crippen molar-refractivity contribution in [3.63, 3.8) is 0 Å². The van der Waals surface area contributed by atoms with Crippen molar-refractivity contribution < 1.29 is 23.8 Å². The van der Waals surface area contributed by atoms with Gasteiger partial charge >= 0.3 is 0 Å². The summed E-state index contributed by atoms with van der Waals surface area (Å²) in [7, 11) is 0. The van der Waals surface area contributed by atoms with Gasteiger partial charge in [0, 0.05) is 26.2 Å². The van der Waals surface area contributed by atoms with Gasteiger partial charge in [-0.1, -0.05) is 59.6 Å². The van der Waals surface area contributed by atoms with Crippen molar-refractivity contribution in [2.45, 2.75) is 26.5 Å². The Balaban J connectivity index is 1.41. The number of rotatable bonds is 9. The number of ether oxygens (including phenoxy) is 3. The largest absolute Gasteiger partial charge is 0.488 e. The molecule has 0 aliphatic carbocycles. The first kappa shape index (κ1) is 26.5. The fraction of sp³-hybridized carbons (Fsp3) is 0.222. The number of hydrazone groups is 1. The van der Waals surface area contributed by atoms with E-state index < -0.39 is 17.9 Å². The van der Waals surface area contributed by atoms with Gasteiger partial charge in [0.05, 0.1) is 6.21 Å². The molecule has 3 aromatic rings. The minimum absolute atomic E-state index is 0.111. The van der Waals surface area contributed by atoms with Crippen LogP contribution < -0.4 is 25.0 Å². The molecule has 0 saturated carbocycles. The predicted molar refractivity (Wildman–Crippen MR) is 144 cm³/mol. The van der Waals surface area contributed by atoms with E-state index in [9.17, 15) is 9.59 Å². The Bertz CT molecular complexity index is 1330. The number of fused-ring (bicyclic) bond motifs is 1. The molecule has 8 nitrogen and oxygen atoms in total. The molecule has 0 aromatic heterocycles. The lowest BCUT2D eigenvalue weighted by Gasteiger charge is -2.20. The number of benzene rings is 3. The van der Waals surface area contributed by atoms with Gasteiger partial charge in [0.25, 0.3) is 11.8 Å². The fourth-order valence-corrected chi connectivity index (χ4v) is 4.12. The van der Waals surface area contributed by atoms with Gasteiger partial charge in [0.1, 0.15) is 18.4 Å². The summed E-state index contributed by atoms with van der Waals surface area (Å²) in [6.45, 7) is 4.06. The number of hydrogen-bond donors (Lipinski definition) is 2. The van der Waals surface area contributed by atoms with Crippen LogP contribution in [0.4, 0.5) is 0 Å². The van der Waals surface area contributed by atoms with E-state index in [0.29, 0.717) is 33.4 Å². The molecule has 0 spiro atoms. The Hall–Kier alpha value is -3.56. The van der Waals surface area contributed by atoms with E-state index in [1.54, 1.807) is 30.3 Å². The Morgan fingerprint density at radius 3 is 2.68 bits per heavy atom. The van der Waals surface area contributed by atoms with Gasteiger partial charge in [-0.05, 0) is 48.4 Å². The molecule has 0 fully saturated rings. The van der Waals surface area contributed by atoms with Crippen LogP contribution in [-0.4, -0.2) is 30.9 Å². The zero-order chi connectivity index (χ0) is 26.4. The van der Waals surface area contributed by atoms with Crippen molar-refractivity contribution in [1.82, 2.24) is 10.7 Å². The van der Waals surface area contributed by atoms with E-state index in [0.717, 1.165) is 10.0 Å². The molecule has 10 heteroatoms. The van der Waals surface area contributed by atoms with Crippen molar-refractivity contribution in [3.8, 4) is 17.2 Å². The average molecular weight is 587 g/mol. The first-order valence-electron chi connectivity index (χ1n) is 11.5. The first-order valence-corrected chi connectivity index (χ1v) is 12.7. The molecule has 1 atom stereocenters. The van der Waals surface area contributed by atoms with Gasteiger partial charge in [-0.3, -0.25) is 9.59 Å². The molecule has 4 rings (SSSR count). The number of nitrogens with one attached hydrogen (secondary N) is 2. The molecule has 0 saturated heterocycles. The number of halogens is 2. The highest BCUT2D eigenvalue weighted by atomic mass is 79.9. The van der Waals surface area contributed by atoms with E-state index >= 15 is 0 Å². The van der Waals surface area contributed by atoms with Crippen LogP contribution in [0.2, 0.25) is 5.02 Å². The van der Waals surface area contributed by atoms with E-state index in [2.05, 4.69) is 31.8 Å². The molecule has 0 radical (unpaired) electrons. The van der Waals surface area contributed by atoms with Crippen LogP contribution in [0.3, 0.4) is 0 Å². The molecular weight excluding hydrogens is 562 g/mol. The summed E-state index contributed by atoms with van der Waals surface area (Å²) in [6.07, 6.45) is 1.49. The van der Waals surface area contributed by atoms with E-state index in [1.165, 1.54) is 6.21 Å². The smallest absolute Gasteiger partial charge is 0.262 e. The number of carbonyl (C=O) groups is 2. The van der Waals surface area contributed by atoms with Crippen LogP contribution in [0.25, 0.3) is 0 Å². The summed E-state index contributed by atoms with van der Waals surface area (Å²) < 4.78 is 17.4. The number of hydrogen-bond acceptors (Lipinski definition) is 6. The van der Waals surface area contributed by atoms with Crippen LogP contribution in [-0.2, 0) is 11.4 Å². The summed E-state index contributed by atoms with van der Waals surface area (Å²) in [5.41, 5.74) is 4.38. The third kappa shape index (κ3) is 6.81. The van der Waals surface area contributed by atoms with Crippen LogP contribution in [0.15, 0.2) is 70.2 Å². The second-order valence-corrected chi connectivity index (χ2v) is 9.88. The van der Waals surface area contributed by atoms with E-state index in [4.69, 9.17) is 25.8 Å². The molecule has 3 aromatic carbocycles. The molecule has 2 N–H and O–H groups in total. The molecule has 1 unspecified atom stereocenters. The summed E-state index contributed by atoms with van der Waals surface area (Å²) in [6, 6.07) is 17.0. The number of carbonyl (C=O) groups excluding carboxylic acids is 2. The molecule has 37 heavy (non-hydrogen) atoms.